The van der Waals surface area contributed by atoms with Crippen LogP contribution in [-0.2, 0) is 4.74 Å². The topological polar surface area (TPSA) is 61.5 Å². The summed E-state index contributed by atoms with van der Waals surface area (Å²) in [5.74, 6) is 0.615. The first-order valence-corrected chi connectivity index (χ1v) is 6.81. The molecule has 1 aromatic carbocycles. The van der Waals surface area contributed by atoms with E-state index in [4.69, 9.17) is 15.2 Å². The van der Waals surface area contributed by atoms with Crippen LogP contribution in [0.1, 0.15) is 44.0 Å². The molecule has 4 heteroatoms. The largest absolute Gasteiger partial charge is 0.492 e. The summed E-state index contributed by atoms with van der Waals surface area (Å²) in [5, 5.41) is 0. The summed E-state index contributed by atoms with van der Waals surface area (Å²) >= 11 is 0. The number of benzene rings is 1. The first-order chi connectivity index (χ1) is 9.12. The second kappa shape index (κ2) is 7.67. The predicted octanol–water partition coefficient (Wildman–Crippen LogP) is 3.26. The molecule has 0 aromatic heterocycles. The van der Waals surface area contributed by atoms with Gasteiger partial charge in [-0.15, -0.1) is 0 Å². The van der Waals surface area contributed by atoms with Gasteiger partial charge in [-0.2, -0.15) is 0 Å². The number of ether oxygens (including phenoxy) is 2. The minimum atomic E-state index is -0.373. The Hall–Kier alpha value is -1.71. The smallest absolute Gasteiger partial charge is 0.341 e. The lowest BCUT2D eigenvalue weighted by atomic mass is 10.1. The van der Waals surface area contributed by atoms with E-state index in [9.17, 15) is 4.79 Å². The van der Waals surface area contributed by atoms with E-state index in [1.165, 1.54) is 0 Å². The molecule has 0 aliphatic heterocycles. The van der Waals surface area contributed by atoms with Crippen LogP contribution < -0.4 is 10.5 Å². The molecule has 0 atom stereocenters. The monoisotopic (exact) mass is 265 g/mol. The summed E-state index contributed by atoms with van der Waals surface area (Å²) in [6.45, 7) is 6.96. The number of esters is 1. The van der Waals surface area contributed by atoms with Crippen LogP contribution in [0.15, 0.2) is 18.2 Å². The van der Waals surface area contributed by atoms with E-state index in [0.717, 1.165) is 12.8 Å². The van der Waals surface area contributed by atoms with Crippen molar-refractivity contribution >= 4 is 11.7 Å². The zero-order valence-corrected chi connectivity index (χ0v) is 11.9. The van der Waals surface area contributed by atoms with Crippen LogP contribution in [0.4, 0.5) is 5.69 Å². The van der Waals surface area contributed by atoms with Crippen molar-refractivity contribution in [2.75, 3.05) is 18.9 Å². The van der Waals surface area contributed by atoms with Gasteiger partial charge in [0.1, 0.15) is 11.3 Å². The van der Waals surface area contributed by atoms with E-state index < -0.39 is 0 Å². The predicted molar refractivity (Wildman–Crippen MR) is 76.4 cm³/mol. The molecular weight excluding hydrogens is 242 g/mol. The van der Waals surface area contributed by atoms with Crippen LogP contribution in [0.2, 0.25) is 0 Å². The Morgan fingerprint density at radius 2 is 1.95 bits per heavy atom. The highest BCUT2D eigenvalue weighted by atomic mass is 16.5. The number of anilines is 1. The van der Waals surface area contributed by atoms with E-state index in [-0.39, 0.29) is 5.97 Å². The van der Waals surface area contributed by atoms with E-state index in [2.05, 4.69) is 13.8 Å². The third-order valence-electron chi connectivity index (χ3n) is 3.13. The van der Waals surface area contributed by atoms with Crippen molar-refractivity contribution in [2.45, 2.75) is 33.6 Å². The summed E-state index contributed by atoms with van der Waals surface area (Å²) in [6.07, 6.45) is 2.10. The molecule has 0 amide bonds. The average Bonchev–Trinajstić information content (AvgIpc) is 2.40. The number of carbonyl (C=O) groups excluding carboxylic acids is 1. The fraction of sp³-hybridized carbons (Fsp3) is 0.533. The van der Waals surface area contributed by atoms with Crippen LogP contribution in [0, 0.1) is 5.92 Å². The van der Waals surface area contributed by atoms with Crippen molar-refractivity contribution in [1.82, 2.24) is 0 Å². The lowest BCUT2D eigenvalue weighted by Crippen LogP contribution is -2.13. The van der Waals surface area contributed by atoms with Crippen LogP contribution in [0.3, 0.4) is 0 Å². The van der Waals surface area contributed by atoms with E-state index in [0.29, 0.717) is 36.1 Å². The fourth-order valence-electron chi connectivity index (χ4n) is 1.77. The molecule has 2 N–H and O–H groups in total. The molecule has 0 heterocycles. The molecule has 4 nitrogen and oxygen atoms in total. The van der Waals surface area contributed by atoms with Crippen molar-refractivity contribution in [2.24, 2.45) is 5.92 Å². The molecule has 0 radical (unpaired) electrons. The Balaban J connectivity index is 2.85. The van der Waals surface area contributed by atoms with Crippen molar-refractivity contribution < 1.29 is 14.3 Å². The standard InChI is InChI=1S/C15H23NO3/c1-4-11(5-2)10-19-14-9-12(16)7-8-13(14)15(17)18-6-3/h7-9,11H,4-6,10,16H2,1-3H3. The summed E-state index contributed by atoms with van der Waals surface area (Å²) in [5.41, 5.74) is 6.75. The normalized spacial score (nSPS) is 10.5. The SMILES string of the molecule is CCOC(=O)c1ccc(N)cc1OCC(CC)CC. The summed E-state index contributed by atoms with van der Waals surface area (Å²) in [7, 11) is 0. The molecule has 1 rings (SSSR count). The molecule has 1 aromatic rings. The second-order valence-corrected chi connectivity index (χ2v) is 4.47. The fourth-order valence-corrected chi connectivity index (χ4v) is 1.77. The Morgan fingerprint density at radius 1 is 1.26 bits per heavy atom. The first-order valence-electron chi connectivity index (χ1n) is 6.81. The molecular formula is C15H23NO3. The Kier molecular flexibility index (Phi) is 6.19. The minimum absolute atomic E-state index is 0.342. The quantitative estimate of drug-likeness (QED) is 0.607. The van der Waals surface area contributed by atoms with Gasteiger partial charge < -0.3 is 15.2 Å². The average molecular weight is 265 g/mol. The number of rotatable bonds is 7. The van der Waals surface area contributed by atoms with Gasteiger partial charge in [0.2, 0.25) is 0 Å². The van der Waals surface area contributed by atoms with Gasteiger partial charge in [0.15, 0.2) is 0 Å². The van der Waals surface area contributed by atoms with Crippen LogP contribution in [-0.4, -0.2) is 19.2 Å². The van der Waals surface area contributed by atoms with Gasteiger partial charge >= 0.3 is 5.97 Å². The van der Waals surface area contributed by atoms with Gasteiger partial charge in [-0.3, -0.25) is 0 Å². The zero-order valence-electron chi connectivity index (χ0n) is 11.9. The number of hydrogen-bond acceptors (Lipinski definition) is 4. The Bertz CT molecular complexity index is 414. The molecule has 0 bridgehead atoms. The molecule has 0 aliphatic carbocycles. The molecule has 19 heavy (non-hydrogen) atoms. The highest BCUT2D eigenvalue weighted by Gasteiger charge is 2.15. The summed E-state index contributed by atoms with van der Waals surface area (Å²) in [6, 6.07) is 5.00. The van der Waals surface area contributed by atoms with Gasteiger partial charge in [-0.05, 0) is 25.0 Å². The van der Waals surface area contributed by atoms with Gasteiger partial charge in [0.25, 0.3) is 0 Å². The van der Waals surface area contributed by atoms with Crippen molar-refractivity contribution in [3.63, 3.8) is 0 Å². The van der Waals surface area contributed by atoms with Crippen LogP contribution in [0.5, 0.6) is 5.75 Å². The summed E-state index contributed by atoms with van der Waals surface area (Å²) in [4.78, 5) is 11.8. The second-order valence-electron chi connectivity index (χ2n) is 4.47. The molecule has 0 aliphatic rings. The van der Waals surface area contributed by atoms with Gasteiger partial charge in [-0.1, -0.05) is 26.7 Å². The number of nitrogens with two attached hydrogens (primary N) is 1. The molecule has 0 saturated carbocycles. The highest BCUT2D eigenvalue weighted by Crippen LogP contribution is 2.24. The lowest BCUT2D eigenvalue weighted by Gasteiger charge is -2.16. The maximum Gasteiger partial charge on any atom is 0.341 e. The Labute approximate surface area is 114 Å². The van der Waals surface area contributed by atoms with Gasteiger partial charge in [-0.25, -0.2) is 4.79 Å². The van der Waals surface area contributed by atoms with Crippen LogP contribution >= 0.6 is 0 Å². The minimum Gasteiger partial charge on any atom is -0.492 e. The van der Waals surface area contributed by atoms with Crippen molar-refractivity contribution in [3.05, 3.63) is 23.8 Å². The van der Waals surface area contributed by atoms with Gasteiger partial charge in [0.05, 0.1) is 13.2 Å². The third kappa shape index (κ3) is 4.47. The number of hydrogen-bond donors (Lipinski definition) is 1. The van der Waals surface area contributed by atoms with E-state index >= 15 is 0 Å². The van der Waals surface area contributed by atoms with Crippen molar-refractivity contribution in [1.29, 1.82) is 0 Å². The lowest BCUT2D eigenvalue weighted by molar-refractivity contribution is 0.0521. The number of nitrogen functional groups attached to an aromatic ring is 1. The number of carbonyl (C=O) groups is 1. The highest BCUT2D eigenvalue weighted by molar-refractivity contribution is 5.93. The third-order valence-corrected chi connectivity index (χ3v) is 3.13. The maximum absolute atomic E-state index is 11.8. The molecule has 106 valence electrons. The summed E-state index contributed by atoms with van der Waals surface area (Å²) < 4.78 is 10.8. The Morgan fingerprint density at radius 3 is 2.53 bits per heavy atom. The molecule has 0 saturated heterocycles. The maximum atomic E-state index is 11.8. The molecule has 0 fully saturated rings. The van der Waals surface area contributed by atoms with E-state index in [1.54, 1.807) is 25.1 Å². The van der Waals surface area contributed by atoms with Crippen LogP contribution in [0.25, 0.3) is 0 Å². The van der Waals surface area contributed by atoms with Gasteiger partial charge in [0, 0.05) is 11.8 Å². The zero-order chi connectivity index (χ0) is 14.3. The molecule has 0 spiro atoms. The van der Waals surface area contributed by atoms with Crippen molar-refractivity contribution in [3.8, 4) is 5.75 Å². The van der Waals surface area contributed by atoms with E-state index in [1.807, 2.05) is 0 Å². The first kappa shape index (κ1) is 15.3. The molecule has 0 unspecified atom stereocenters.